The van der Waals surface area contributed by atoms with Crippen LogP contribution >= 0.6 is 0 Å². The molecule has 20 heavy (non-hydrogen) atoms. The fraction of sp³-hybridized carbons (Fsp3) is 0.533. The number of rotatable bonds is 4. The minimum atomic E-state index is -2.93. The number of carbonyl (C=O) groups is 1. The summed E-state index contributed by atoms with van der Waals surface area (Å²) in [6.45, 7) is 2.51. The first-order valence-electron chi connectivity index (χ1n) is 6.98. The summed E-state index contributed by atoms with van der Waals surface area (Å²) in [7, 11) is -2.93. The lowest BCUT2D eigenvalue weighted by Crippen LogP contribution is -2.31. The molecule has 110 valence electrons. The molecular weight excluding hydrogens is 274 g/mol. The molecule has 1 atom stereocenters. The predicted molar refractivity (Wildman–Crippen MR) is 79.0 cm³/mol. The number of hydrogen-bond donors (Lipinski definition) is 1. The molecule has 1 amide bonds. The summed E-state index contributed by atoms with van der Waals surface area (Å²) >= 11 is 0. The van der Waals surface area contributed by atoms with Crippen molar-refractivity contribution in [2.75, 3.05) is 11.5 Å². The van der Waals surface area contributed by atoms with Gasteiger partial charge in [0.05, 0.1) is 11.5 Å². The molecule has 2 rings (SSSR count). The highest BCUT2D eigenvalue weighted by molar-refractivity contribution is 7.91. The molecule has 1 fully saturated rings. The monoisotopic (exact) mass is 295 g/mol. The second kappa shape index (κ2) is 6.39. The minimum absolute atomic E-state index is 0.0226. The van der Waals surface area contributed by atoms with Gasteiger partial charge in [-0.15, -0.1) is 0 Å². The van der Waals surface area contributed by atoms with Crippen LogP contribution in [0.2, 0.25) is 0 Å². The highest BCUT2D eigenvalue weighted by Crippen LogP contribution is 2.21. The molecule has 1 unspecified atom stereocenters. The first-order valence-corrected chi connectivity index (χ1v) is 8.80. The summed E-state index contributed by atoms with van der Waals surface area (Å²) in [5.41, 5.74) is 2.24. The van der Waals surface area contributed by atoms with Gasteiger partial charge < -0.3 is 5.32 Å². The van der Waals surface area contributed by atoms with Gasteiger partial charge in [-0.2, -0.15) is 0 Å². The Morgan fingerprint density at radius 3 is 2.80 bits per heavy atom. The maximum absolute atomic E-state index is 11.9. The lowest BCUT2D eigenvalue weighted by Gasteiger charge is -2.21. The Morgan fingerprint density at radius 2 is 2.10 bits per heavy atom. The van der Waals surface area contributed by atoms with Gasteiger partial charge in [0.25, 0.3) is 0 Å². The number of amides is 1. The Balaban J connectivity index is 1.83. The van der Waals surface area contributed by atoms with Gasteiger partial charge >= 0.3 is 0 Å². The Hall–Kier alpha value is -1.36. The standard InChI is InChI=1S/C15H21NO3S/c1-12-5-2-3-7-14(12)10-16-15(17)9-13-6-4-8-20(18,19)11-13/h2-3,5,7,13H,4,6,8-11H2,1H3,(H,16,17). The smallest absolute Gasteiger partial charge is 0.220 e. The third kappa shape index (κ3) is 4.34. The molecule has 0 spiro atoms. The number of sulfone groups is 1. The molecule has 1 aliphatic rings. The number of aryl methyl sites for hydroxylation is 1. The van der Waals surface area contributed by atoms with Gasteiger partial charge in [-0.3, -0.25) is 4.79 Å². The molecule has 1 aromatic rings. The van der Waals surface area contributed by atoms with E-state index in [1.54, 1.807) is 0 Å². The van der Waals surface area contributed by atoms with E-state index in [-0.39, 0.29) is 23.3 Å². The van der Waals surface area contributed by atoms with Crippen molar-refractivity contribution in [1.82, 2.24) is 5.32 Å². The molecule has 0 radical (unpaired) electrons. The summed E-state index contributed by atoms with van der Waals surface area (Å²) in [6.07, 6.45) is 1.82. The van der Waals surface area contributed by atoms with Crippen molar-refractivity contribution in [1.29, 1.82) is 0 Å². The van der Waals surface area contributed by atoms with Gasteiger partial charge in [-0.25, -0.2) is 8.42 Å². The van der Waals surface area contributed by atoms with E-state index in [9.17, 15) is 13.2 Å². The average molecular weight is 295 g/mol. The van der Waals surface area contributed by atoms with Crippen LogP contribution in [0, 0.1) is 12.8 Å². The van der Waals surface area contributed by atoms with Crippen LogP contribution < -0.4 is 5.32 Å². The average Bonchev–Trinajstić information content (AvgIpc) is 2.36. The van der Waals surface area contributed by atoms with Crippen LogP contribution in [0.25, 0.3) is 0 Å². The maximum atomic E-state index is 11.9. The van der Waals surface area contributed by atoms with Crippen LogP contribution in [0.4, 0.5) is 0 Å². The van der Waals surface area contributed by atoms with Gasteiger partial charge in [-0.05, 0) is 36.8 Å². The summed E-state index contributed by atoms with van der Waals surface area (Å²) in [5.74, 6) is 0.347. The molecule has 0 aromatic heterocycles. The third-order valence-electron chi connectivity index (χ3n) is 3.77. The third-order valence-corrected chi connectivity index (χ3v) is 5.66. The van der Waals surface area contributed by atoms with E-state index in [0.717, 1.165) is 17.5 Å². The summed E-state index contributed by atoms with van der Waals surface area (Å²) < 4.78 is 23.1. The number of benzene rings is 1. The lowest BCUT2D eigenvalue weighted by atomic mass is 10.0. The van der Waals surface area contributed by atoms with Gasteiger partial charge in [-0.1, -0.05) is 24.3 Å². The fourth-order valence-electron chi connectivity index (χ4n) is 2.62. The van der Waals surface area contributed by atoms with E-state index in [2.05, 4.69) is 5.32 Å². The molecule has 4 nitrogen and oxygen atoms in total. The molecule has 1 aromatic carbocycles. The lowest BCUT2D eigenvalue weighted by molar-refractivity contribution is -0.122. The molecule has 0 aliphatic carbocycles. The predicted octanol–water partition coefficient (Wildman–Crippen LogP) is 1.83. The number of hydrogen-bond acceptors (Lipinski definition) is 3. The van der Waals surface area contributed by atoms with Crippen molar-refractivity contribution >= 4 is 15.7 Å². The van der Waals surface area contributed by atoms with Crippen molar-refractivity contribution in [3.05, 3.63) is 35.4 Å². The van der Waals surface area contributed by atoms with Gasteiger partial charge in [0.1, 0.15) is 0 Å². The Morgan fingerprint density at radius 1 is 1.35 bits per heavy atom. The van der Waals surface area contributed by atoms with Crippen molar-refractivity contribution in [2.24, 2.45) is 5.92 Å². The Labute approximate surface area is 120 Å². The van der Waals surface area contributed by atoms with Gasteiger partial charge in [0.2, 0.25) is 5.91 Å². The van der Waals surface area contributed by atoms with E-state index in [4.69, 9.17) is 0 Å². The van der Waals surface area contributed by atoms with Crippen molar-refractivity contribution in [2.45, 2.75) is 32.7 Å². The second-order valence-corrected chi connectivity index (χ2v) is 7.76. The van der Waals surface area contributed by atoms with Gasteiger partial charge in [0.15, 0.2) is 9.84 Å². The maximum Gasteiger partial charge on any atom is 0.220 e. The zero-order chi connectivity index (χ0) is 14.6. The molecule has 5 heteroatoms. The molecule has 0 saturated carbocycles. The summed E-state index contributed by atoms with van der Waals surface area (Å²) in [5, 5.41) is 2.88. The molecule has 1 saturated heterocycles. The van der Waals surface area contributed by atoms with Gasteiger partial charge in [0, 0.05) is 13.0 Å². The van der Waals surface area contributed by atoms with E-state index in [1.165, 1.54) is 0 Å². The molecule has 0 bridgehead atoms. The normalized spacial score (nSPS) is 21.4. The second-order valence-electron chi connectivity index (χ2n) is 5.53. The summed E-state index contributed by atoms with van der Waals surface area (Å²) in [4.78, 5) is 11.9. The van der Waals surface area contributed by atoms with Crippen LogP contribution in [0.3, 0.4) is 0 Å². The zero-order valence-corrected chi connectivity index (χ0v) is 12.6. The first-order chi connectivity index (χ1) is 9.46. The highest BCUT2D eigenvalue weighted by atomic mass is 32.2. The fourth-order valence-corrected chi connectivity index (χ4v) is 4.39. The molecule has 1 N–H and O–H groups in total. The van der Waals surface area contributed by atoms with E-state index < -0.39 is 9.84 Å². The molecule has 1 heterocycles. The van der Waals surface area contributed by atoms with Crippen LogP contribution in [0.5, 0.6) is 0 Å². The Kier molecular flexibility index (Phi) is 4.81. The largest absolute Gasteiger partial charge is 0.352 e. The van der Waals surface area contributed by atoms with Crippen LogP contribution in [0.1, 0.15) is 30.4 Å². The van der Waals surface area contributed by atoms with Crippen molar-refractivity contribution in [3.63, 3.8) is 0 Å². The quantitative estimate of drug-likeness (QED) is 0.921. The van der Waals surface area contributed by atoms with E-state index >= 15 is 0 Å². The molecule has 1 aliphatic heterocycles. The molecular formula is C15H21NO3S. The Bertz CT molecular complexity index is 581. The summed E-state index contributed by atoms with van der Waals surface area (Å²) in [6, 6.07) is 7.91. The SMILES string of the molecule is Cc1ccccc1CNC(=O)CC1CCCS(=O)(=O)C1. The van der Waals surface area contributed by atoms with Crippen LogP contribution in [0.15, 0.2) is 24.3 Å². The van der Waals surface area contributed by atoms with Crippen molar-refractivity contribution < 1.29 is 13.2 Å². The topological polar surface area (TPSA) is 63.2 Å². The van der Waals surface area contributed by atoms with Crippen LogP contribution in [-0.2, 0) is 21.2 Å². The van der Waals surface area contributed by atoms with Crippen LogP contribution in [-0.4, -0.2) is 25.8 Å². The zero-order valence-electron chi connectivity index (χ0n) is 11.8. The minimum Gasteiger partial charge on any atom is -0.352 e. The number of nitrogens with one attached hydrogen (secondary N) is 1. The van der Waals surface area contributed by atoms with E-state index in [1.807, 2.05) is 31.2 Å². The van der Waals surface area contributed by atoms with E-state index in [0.29, 0.717) is 19.4 Å². The van der Waals surface area contributed by atoms with Crippen molar-refractivity contribution in [3.8, 4) is 0 Å². The first kappa shape index (κ1) is 15.0. The highest BCUT2D eigenvalue weighted by Gasteiger charge is 2.26. The number of carbonyl (C=O) groups excluding carboxylic acids is 1.